The Labute approximate surface area is 122 Å². The van der Waals surface area contributed by atoms with Crippen LogP contribution >= 0.6 is 34.8 Å². The highest BCUT2D eigenvalue weighted by Crippen LogP contribution is 2.47. The third kappa shape index (κ3) is 2.39. The quantitative estimate of drug-likeness (QED) is 0.424. The second-order valence-corrected chi connectivity index (χ2v) is 5.49. The van der Waals surface area contributed by atoms with Crippen LogP contribution in [0.5, 0.6) is 0 Å². The van der Waals surface area contributed by atoms with Gasteiger partial charge in [0.15, 0.2) is 18.2 Å². The summed E-state index contributed by atoms with van der Waals surface area (Å²) in [7, 11) is 0. The van der Waals surface area contributed by atoms with Gasteiger partial charge in [-0.2, -0.15) is 13.2 Å². The number of hydrogen-bond donors (Lipinski definition) is 0. The summed E-state index contributed by atoms with van der Waals surface area (Å²) in [5.74, 6) is 0. The predicted octanol–water partition coefficient (Wildman–Crippen LogP) is 4.43. The molecule has 1 aliphatic rings. The second kappa shape index (κ2) is 4.72. The summed E-state index contributed by atoms with van der Waals surface area (Å²) in [5, 5.41) is 11.0. The zero-order chi connectivity index (χ0) is 14.4. The molecule has 0 bridgehead atoms. The summed E-state index contributed by atoms with van der Waals surface area (Å²) in [6.45, 7) is -0.717. The summed E-state index contributed by atoms with van der Waals surface area (Å²) in [6.07, 6.45) is -4.08. The highest BCUT2D eigenvalue weighted by molar-refractivity contribution is 6.48. The molecule has 104 valence electrons. The van der Waals surface area contributed by atoms with Crippen LogP contribution in [0.25, 0.3) is 0 Å². The topological polar surface area (TPSA) is 26.1 Å². The molecular weight excluding hydrogens is 325 g/mol. The smallest absolute Gasteiger partial charge is 0.405 e. The molecule has 0 aromatic heterocycles. The monoisotopic (exact) mass is 331 g/mol. The average molecular weight is 333 g/mol. The molecule has 0 amide bonds. The second-order valence-electron chi connectivity index (χ2n) is 4.30. The SMILES string of the molecule is [O-][N+]1=CCC(c2cc(Cl)c(Cl)c(Cl)c2)(C(F)(F)F)C1. The first-order valence-corrected chi connectivity index (χ1v) is 6.29. The van der Waals surface area contributed by atoms with E-state index >= 15 is 0 Å². The molecule has 0 radical (unpaired) electrons. The van der Waals surface area contributed by atoms with Gasteiger partial charge in [0.25, 0.3) is 0 Å². The number of alkyl halides is 3. The van der Waals surface area contributed by atoms with Gasteiger partial charge in [-0.3, -0.25) is 0 Å². The molecule has 19 heavy (non-hydrogen) atoms. The Morgan fingerprint density at radius 3 is 2.05 bits per heavy atom. The van der Waals surface area contributed by atoms with E-state index in [4.69, 9.17) is 34.8 Å². The van der Waals surface area contributed by atoms with Gasteiger partial charge in [-0.25, -0.2) is 4.74 Å². The minimum Gasteiger partial charge on any atom is -0.624 e. The number of benzene rings is 1. The molecule has 1 aromatic carbocycles. The molecule has 2 rings (SSSR count). The summed E-state index contributed by atoms with van der Waals surface area (Å²) in [5.41, 5.74) is -2.46. The van der Waals surface area contributed by atoms with E-state index in [-0.39, 0.29) is 25.4 Å². The normalized spacial score (nSPS) is 23.6. The fraction of sp³-hybridized carbons (Fsp3) is 0.364. The Hall–Kier alpha value is -0.650. The van der Waals surface area contributed by atoms with Gasteiger partial charge in [-0.15, -0.1) is 0 Å². The molecule has 0 N–H and O–H groups in total. The lowest BCUT2D eigenvalue weighted by Gasteiger charge is -2.29. The van der Waals surface area contributed by atoms with Crippen molar-refractivity contribution in [3.8, 4) is 0 Å². The van der Waals surface area contributed by atoms with Gasteiger partial charge in [0.05, 0.1) is 21.5 Å². The molecule has 1 unspecified atom stereocenters. The lowest BCUT2D eigenvalue weighted by atomic mass is 9.78. The van der Waals surface area contributed by atoms with Crippen LogP contribution in [0.15, 0.2) is 12.1 Å². The molecule has 2 nitrogen and oxygen atoms in total. The van der Waals surface area contributed by atoms with E-state index in [1.54, 1.807) is 0 Å². The molecule has 0 aliphatic carbocycles. The van der Waals surface area contributed by atoms with Crippen LogP contribution < -0.4 is 0 Å². The van der Waals surface area contributed by atoms with E-state index < -0.39 is 24.6 Å². The van der Waals surface area contributed by atoms with Crippen molar-refractivity contribution in [1.82, 2.24) is 0 Å². The highest BCUT2D eigenvalue weighted by atomic mass is 35.5. The third-order valence-electron chi connectivity index (χ3n) is 3.15. The molecule has 1 aliphatic heterocycles. The first-order valence-electron chi connectivity index (χ1n) is 5.16. The molecular formula is C11H7Cl3F3NO. The molecule has 1 atom stereocenters. The van der Waals surface area contributed by atoms with E-state index in [2.05, 4.69) is 0 Å². The van der Waals surface area contributed by atoms with Crippen molar-refractivity contribution in [3.63, 3.8) is 0 Å². The van der Waals surface area contributed by atoms with E-state index in [9.17, 15) is 18.4 Å². The van der Waals surface area contributed by atoms with Crippen molar-refractivity contribution >= 4 is 41.0 Å². The van der Waals surface area contributed by atoms with E-state index in [0.717, 1.165) is 18.3 Å². The summed E-state index contributed by atoms with van der Waals surface area (Å²) in [6, 6.07) is 2.21. The van der Waals surface area contributed by atoms with Crippen molar-refractivity contribution < 1.29 is 17.9 Å². The number of hydroxylamine groups is 1. The van der Waals surface area contributed by atoms with Crippen LogP contribution in [0.4, 0.5) is 13.2 Å². The van der Waals surface area contributed by atoms with Gasteiger partial charge in [0.1, 0.15) is 0 Å². The minimum atomic E-state index is -4.59. The van der Waals surface area contributed by atoms with Crippen molar-refractivity contribution in [3.05, 3.63) is 38.0 Å². The molecule has 1 aromatic rings. The van der Waals surface area contributed by atoms with Crippen LogP contribution in [0.1, 0.15) is 12.0 Å². The minimum absolute atomic E-state index is 0.00892. The van der Waals surface area contributed by atoms with Gasteiger partial charge in [0.2, 0.25) is 0 Å². The fourth-order valence-corrected chi connectivity index (χ4v) is 2.66. The van der Waals surface area contributed by atoms with Crippen LogP contribution in [0.2, 0.25) is 15.1 Å². The third-order valence-corrected chi connectivity index (χ3v) is 4.35. The van der Waals surface area contributed by atoms with Gasteiger partial charge in [0, 0.05) is 0 Å². The number of nitrogens with zero attached hydrogens (tertiary/aromatic N) is 1. The predicted molar refractivity (Wildman–Crippen MR) is 68.4 cm³/mol. The van der Waals surface area contributed by atoms with Crippen LogP contribution in [0.3, 0.4) is 0 Å². The molecule has 0 fully saturated rings. The Bertz CT molecular complexity index is 536. The van der Waals surface area contributed by atoms with Gasteiger partial charge >= 0.3 is 6.18 Å². The molecule has 8 heteroatoms. The first kappa shape index (κ1) is 14.8. The van der Waals surface area contributed by atoms with Gasteiger partial charge in [-0.1, -0.05) is 34.8 Å². The Kier molecular flexibility index (Phi) is 3.66. The average Bonchev–Trinajstić information content (AvgIpc) is 2.68. The zero-order valence-corrected chi connectivity index (χ0v) is 11.5. The molecule has 0 saturated heterocycles. The largest absolute Gasteiger partial charge is 0.624 e. The van der Waals surface area contributed by atoms with Gasteiger partial charge in [-0.05, 0) is 17.7 Å². The van der Waals surface area contributed by atoms with Crippen molar-refractivity contribution in [1.29, 1.82) is 0 Å². The number of hydrogen-bond acceptors (Lipinski definition) is 1. The lowest BCUT2D eigenvalue weighted by molar-refractivity contribution is -0.462. The molecule has 0 spiro atoms. The highest BCUT2D eigenvalue weighted by Gasteiger charge is 2.61. The van der Waals surface area contributed by atoms with Crippen molar-refractivity contribution in [2.75, 3.05) is 6.54 Å². The maximum absolute atomic E-state index is 13.3. The van der Waals surface area contributed by atoms with Crippen LogP contribution in [-0.2, 0) is 5.41 Å². The standard InChI is InChI=1S/C11H7Cl3F3NO/c12-7-3-6(4-8(13)9(7)14)10(11(15,16)17)1-2-18(19)5-10/h2-4H,1,5H2. The Balaban J connectivity index is 2.59. The Morgan fingerprint density at radius 2 is 1.68 bits per heavy atom. The summed E-state index contributed by atoms with van der Waals surface area (Å²) in [4.78, 5) is 0. The maximum Gasteiger partial charge on any atom is 0.405 e. The van der Waals surface area contributed by atoms with Crippen molar-refractivity contribution in [2.45, 2.75) is 18.0 Å². The van der Waals surface area contributed by atoms with Gasteiger partial charge < -0.3 is 5.21 Å². The lowest BCUT2D eigenvalue weighted by Crippen LogP contribution is -2.44. The fourth-order valence-electron chi connectivity index (χ4n) is 2.06. The van der Waals surface area contributed by atoms with E-state index in [1.165, 1.54) is 0 Å². The van der Waals surface area contributed by atoms with Crippen LogP contribution in [-0.4, -0.2) is 23.7 Å². The Morgan fingerprint density at radius 1 is 1.16 bits per heavy atom. The summed E-state index contributed by atoms with van der Waals surface area (Å²) < 4.78 is 40.3. The number of rotatable bonds is 1. The zero-order valence-electron chi connectivity index (χ0n) is 9.27. The summed E-state index contributed by atoms with van der Waals surface area (Å²) >= 11 is 17.2. The van der Waals surface area contributed by atoms with Crippen molar-refractivity contribution in [2.24, 2.45) is 0 Å². The molecule has 1 heterocycles. The number of halogens is 6. The van der Waals surface area contributed by atoms with E-state index in [0.29, 0.717) is 0 Å². The van der Waals surface area contributed by atoms with E-state index in [1.807, 2.05) is 0 Å². The molecule has 0 saturated carbocycles. The van der Waals surface area contributed by atoms with Crippen LogP contribution in [0, 0.1) is 5.21 Å². The first-order chi connectivity index (χ1) is 8.67. The maximum atomic E-state index is 13.3.